The topological polar surface area (TPSA) is 85.3 Å². The van der Waals surface area contributed by atoms with E-state index in [9.17, 15) is 14.4 Å². The second kappa shape index (κ2) is 12.0. The van der Waals surface area contributed by atoms with Crippen molar-refractivity contribution in [3.63, 3.8) is 0 Å². The molecule has 4 aromatic carbocycles. The van der Waals surface area contributed by atoms with Crippen LogP contribution in [0.1, 0.15) is 49.9 Å². The zero-order valence-corrected chi connectivity index (χ0v) is 22.4. The van der Waals surface area contributed by atoms with Crippen LogP contribution in [0.3, 0.4) is 0 Å². The monoisotopic (exact) mass is 552 g/mol. The first-order valence-corrected chi connectivity index (χ1v) is 13.0. The summed E-state index contributed by atoms with van der Waals surface area (Å²) in [5.41, 5.74) is 3.14. The zero-order chi connectivity index (χ0) is 28.1. The van der Waals surface area contributed by atoms with Crippen molar-refractivity contribution in [2.75, 3.05) is 13.7 Å². The van der Waals surface area contributed by atoms with Crippen LogP contribution in [0.5, 0.6) is 5.75 Å². The summed E-state index contributed by atoms with van der Waals surface area (Å²) < 4.78 is 10.7. The Kier molecular flexibility index (Phi) is 8.03. The van der Waals surface area contributed by atoms with Gasteiger partial charge in [-0.3, -0.25) is 9.59 Å². The molecule has 200 valence electrons. The average molecular weight is 553 g/mol. The van der Waals surface area contributed by atoms with Gasteiger partial charge in [-0.1, -0.05) is 72.3 Å². The van der Waals surface area contributed by atoms with Crippen LogP contribution in [0.25, 0.3) is 0 Å². The van der Waals surface area contributed by atoms with Gasteiger partial charge in [0.2, 0.25) is 0 Å². The van der Waals surface area contributed by atoms with E-state index in [0.717, 1.165) is 16.8 Å². The number of hydrogen-bond acceptors (Lipinski definition) is 6. The normalized spacial score (nSPS) is 14.4. The fourth-order valence-corrected chi connectivity index (χ4v) is 4.64. The Bertz CT molecular complexity index is 1570. The number of hydrogen-bond donors (Lipinski definition) is 0. The lowest BCUT2D eigenvalue weighted by atomic mass is 9.98. The standard InChI is InChI=1S/C32H25ClN2O5/c1-39-25-17-13-22(14-18-25)29-19-28(21-7-3-2-4-8-21)34-35(29)30(36)20-40-32(38)27-10-6-5-9-26(27)31(37)23-11-15-24(33)16-12-23/h2-18,29H,19-20H2,1H3. The van der Waals surface area contributed by atoms with Crippen LogP contribution in [-0.4, -0.2) is 42.1 Å². The highest BCUT2D eigenvalue weighted by molar-refractivity contribution is 6.30. The van der Waals surface area contributed by atoms with E-state index < -0.39 is 18.5 Å². The van der Waals surface area contributed by atoms with Crippen molar-refractivity contribution in [2.24, 2.45) is 5.10 Å². The summed E-state index contributed by atoms with van der Waals surface area (Å²) in [4.78, 5) is 39.5. The molecule has 40 heavy (non-hydrogen) atoms. The Morgan fingerprint density at radius 1 is 0.850 bits per heavy atom. The molecule has 1 heterocycles. The van der Waals surface area contributed by atoms with Crippen molar-refractivity contribution in [3.8, 4) is 5.75 Å². The fourth-order valence-electron chi connectivity index (χ4n) is 4.52. The molecular weight excluding hydrogens is 528 g/mol. The largest absolute Gasteiger partial charge is 0.497 e. The highest BCUT2D eigenvalue weighted by Crippen LogP contribution is 2.33. The molecule has 1 aliphatic rings. The van der Waals surface area contributed by atoms with Crippen LogP contribution in [0, 0.1) is 0 Å². The van der Waals surface area contributed by atoms with E-state index >= 15 is 0 Å². The number of amides is 1. The van der Waals surface area contributed by atoms with Gasteiger partial charge in [-0.2, -0.15) is 5.10 Å². The number of esters is 1. The minimum atomic E-state index is -0.779. The predicted molar refractivity (Wildman–Crippen MR) is 152 cm³/mol. The first-order chi connectivity index (χ1) is 19.4. The molecule has 5 rings (SSSR count). The Morgan fingerprint density at radius 3 is 2.17 bits per heavy atom. The van der Waals surface area contributed by atoms with Gasteiger partial charge >= 0.3 is 5.97 Å². The maximum atomic E-state index is 13.4. The van der Waals surface area contributed by atoms with E-state index in [2.05, 4.69) is 5.10 Å². The number of carbonyl (C=O) groups is 3. The second-order valence-electron chi connectivity index (χ2n) is 9.10. The number of rotatable bonds is 8. The molecule has 0 radical (unpaired) electrons. The highest BCUT2D eigenvalue weighted by atomic mass is 35.5. The maximum Gasteiger partial charge on any atom is 0.339 e. The maximum absolute atomic E-state index is 13.4. The minimum Gasteiger partial charge on any atom is -0.497 e. The molecule has 0 aliphatic carbocycles. The third-order valence-electron chi connectivity index (χ3n) is 6.60. The molecule has 0 saturated carbocycles. The van der Waals surface area contributed by atoms with Gasteiger partial charge in [0.05, 0.1) is 24.4 Å². The predicted octanol–water partition coefficient (Wildman–Crippen LogP) is 6.11. The molecule has 1 amide bonds. The third-order valence-corrected chi connectivity index (χ3v) is 6.85. The molecule has 1 aliphatic heterocycles. The molecule has 1 atom stereocenters. The molecule has 4 aromatic rings. The van der Waals surface area contributed by atoms with E-state index in [1.807, 2.05) is 54.6 Å². The lowest BCUT2D eigenvalue weighted by Gasteiger charge is -2.22. The van der Waals surface area contributed by atoms with E-state index in [-0.39, 0.29) is 23.0 Å². The Balaban J connectivity index is 1.35. The number of methoxy groups -OCH3 is 1. The number of halogens is 1. The molecule has 1 unspecified atom stereocenters. The van der Waals surface area contributed by atoms with Gasteiger partial charge in [-0.15, -0.1) is 0 Å². The first kappa shape index (κ1) is 26.8. The summed E-state index contributed by atoms with van der Waals surface area (Å²) in [7, 11) is 1.59. The third kappa shape index (κ3) is 5.80. The van der Waals surface area contributed by atoms with Gasteiger partial charge in [0.15, 0.2) is 12.4 Å². The number of ketones is 1. The smallest absolute Gasteiger partial charge is 0.339 e. The van der Waals surface area contributed by atoms with Gasteiger partial charge in [0, 0.05) is 22.6 Å². The van der Waals surface area contributed by atoms with Crippen LogP contribution in [0.2, 0.25) is 5.02 Å². The molecule has 7 nitrogen and oxygen atoms in total. The highest BCUT2D eigenvalue weighted by Gasteiger charge is 2.34. The summed E-state index contributed by atoms with van der Waals surface area (Å²) in [5, 5.41) is 6.47. The molecule has 0 bridgehead atoms. The Labute approximate surface area is 236 Å². The summed E-state index contributed by atoms with van der Waals surface area (Å²) >= 11 is 5.94. The zero-order valence-electron chi connectivity index (χ0n) is 21.6. The van der Waals surface area contributed by atoms with Crippen LogP contribution >= 0.6 is 11.6 Å². The summed E-state index contributed by atoms with van der Waals surface area (Å²) in [6.07, 6.45) is 0.494. The number of hydrazone groups is 1. The lowest BCUT2D eigenvalue weighted by Crippen LogP contribution is -2.31. The quantitative estimate of drug-likeness (QED) is 0.194. The van der Waals surface area contributed by atoms with Crippen molar-refractivity contribution < 1.29 is 23.9 Å². The minimum absolute atomic E-state index is 0.0665. The van der Waals surface area contributed by atoms with Crippen molar-refractivity contribution >= 4 is 35.0 Å². The fraction of sp³-hybridized carbons (Fsp3) is 0.125. The number of benzene rings is 4. The van der Waals surface area contributed by atoms with Crippen LogP contribution < -0.4 is 4.74 Å². The lowest BCUT2D eigenvalue weighted by molar-refractivity contribution is -0.136. The van der Waals surface area contributed by atoms with Gasteiger partial charge in [-0.25, -0.2) is 9.80 Å². The van der Waals surface area contributed by atoms with Crippen molar-refractivity contribution in [1.82, 2.24) is 5.01 Å². The van der Waals surface area contributed by atoms with Crippen molar-refractivity contribution in [1.29, 1.82) is 0 Å². The van der Waals surface area contributed by atoms with Crippen LogP contribution in [0.15, 0.2) is 108 Å². The van der Waals surface area contributed by atoms with Gasteiger partial charge < -0.3 is 9.47 Å². The molecule has 8 heteroatoms. The Morgan fingerprint density at radius 2 is 1.50 bits per heavy atom. The summed E-state index contributed by atoms with van der Waals surface area (Å²) in [5.74, 6) is -0.920. The molecular formula is C32H25ClN2O5. The van der Waals surface area contributed by atoms with Crippen LogP contribution in [0.4, 0.5) is 0 Å². The number of ether oxygens (including phenoxy) is 2. The summed E-state index contributed by atoms with van der Waals surface area (Å²) in [6.45, 7) is -0.541. The molecule has 0 spiro atoms. The molecule has 0 aromatic heterocycles. The molecule has 0 fully saturated rings. The second-order valence-corrected chi connectivity index (χ2v) is 9.54. The van der Waals surface area contributed by atoms with E-state index in [1.165, 1.54) is 11.1 Å². The summed E-state index contributed by atoms with van der Waals surface area (Å²) in [6, 6.07) is 29.4. The van der Waals surface area contributed by atoms with E-state index in [4.69, 9.17) is 21.1 Å². The van der Waals surface area contributed by atoms with E-state index in [0.29, 0.717) is 22.8 Å². The Hall–Kier alpha value is -4.75. The number of carbonyl (C=O) groups excluding carboxylic acids is 3. The van der Waals surface area contributed by atoms with Gasteiger partial charge in [0.1, 0.15) is 5.75 Å². The van der Waals surface area contributed by atoms with Crippen molar-refractivity contribution in [3.05, 3.63) is 136 Å². The van der Waals surface area contributed by atoms with Gasteiger partial charge in [0.25, 0.3) is 5.91 Å². The molecule has 0 saturated heterocycles. The van der Waals surface area contributed by atoms with E-state index in [1.54, 1.807) is 49.6 Å². The van der Waals surface area contributed by atoms with Crippen LogP contribution in [-0.2, 0) is 9.53 Å². The van der Waals surface area contributed by atoms with Crippen molar-refractivity contribution in [2.45, 2.75) is 12.5 Å². The van der Waals surface area contributed by atoms with Gasteiger partial charge in [-0.05, 0) is 53.6 Å². The number of nitrogens with zero attached hydrogens (tertiary/aromatic N) is 2. The SMILES string of the molecule is COc1ccc(C2CC(c3ccccc3)=NN2C(=O)COC(=O)c2ccccc2C(=O)c2ccc(Cl)cc2)cc1. The first-order valence-electron chi connectivity index (χ1n) is 12.6. The average Bonchev–Trinajstić information content (AvgIpc) is 3.46. The molecule has 0 N–H and O–H groups in total.